The summed E-state index contributed by atoms with van der Waals surface area (Å²) in [4.78, 5) is 4.21. The molecule has 2 aromatic rings. The van der Waals surface area contributed by atoms with E-state index in [0.717, 1.165) is 29.2 Å². The topological polar surface area (TPSA) is 52.6 Å². The summed E-state index contributed by atoms with van der Waals surface area (Å²) in [5.74, 6) is 2.34. The number of ether oxygens (including phenoxy) is 3. The molecule has 1 aliphatic rings. The molecule has 1 unspecified atom stereocenters. The Morgan fingerprint density at radius 3 is 2.81 bits per heavy atom. The summed E-state index contributed by atoms with van der Waals surface area (Å²) >= 11 is 0. The molecule has 5 heteroatoms. The highest BCUT2D eigenvalue weighted by molar-refractivity contribution is 5.50. The first-order valence-corrected chi connectivity index (χ1v) is 6.87. The van der Waals surface area contributed by atoms with Crippen molar-refractivity contribution < 1.29 is 14.2 Å². The van der Waals surface area contributed by atoms with Gasteiger partial charge in [-0.25, -0.2) is 4.98 Å². The number of nitrogens with one attached hydrogen (secondary N) is 1. The number of rotatable bonds is 4. The van der Waals surface area contributed by atoms with Crippen molar-refractivity contribution in [3.8, 4) is 17.4 Å². The van der Waals surface area contributed by atoms with Gasteiger partial charge in [-0.15, -0.1) is 0 Å². The van der Waals surface area contributed by atoms with Crippen LogP contribution >= 0.6 is 0 Å². The lowest BCUT2D eigenvalue weighted by atomic mass is 10.00. The average Bonchev–Trinajstić information content (AvgIpc) is 2.55. The van der Waals surface area contributed by atoms with E-state index in [1.165, 1.54) is 0 Å². The van der Waals surface area contributed by atoms with Gasteiger partial charge in [0.2, 0.25) is 5.88 Å². The molecule has 110 valence electrons. The highest BCUT2D eigenvalue weighted by Gasteiger charge is 2.22. The Morgan fingerprint density at radius 2 is 2.10 bits per heavy atom. The van der Waals surface area contributed by atoms with E-state index in [0.29, 0.717) is 12.5 Å². The summed E-state index contributed by atoms with van der Waals surface area (Å²) in [5, 5.41) is 3.49. The summed E-state index contributed by atoms with van der Waals surface area (Å²) in [6.07, 6.45) is 2.67. The van der Waals surface area contributed by atoms with Crippen molar-refractivity contribution in [2.75, 3.05) is 26.1 Å². The maximum atomic E-state index is 5.70. The number of fused-ring (bicyclic) bond motifs is 1. The maximum absolute atomic E-state index is 5.70. The van der Waals surface area contributed by atoms with E-state index in [1.807, 2.05) is 30.3 Å². The van der Waals surface area contributed by atoms with Crippen molar-refractivity contribution in [3.05, 3.63) is 42.1 Å². The van der Waals surface area contributed by atoms with E-state index in [9.17, 15) is 0 Å². The number of aromatic nitrogens is 1. The number of anilines is 1. The van der Waals surface area contributed by atoms with E-state index < -0.39 is 0 Å². The monoisotopic (exact) mass is 286 g/mol. The number of benzene rings is 1. The molecule has 0 saturated carbocycles. The Balaban J connectivity index is 1.83. The van der Waals surface area contributed by atoms with Crippen LogP contribution in [-0.4, -0.2) is 25.8 Å². The molecular weight excluding hydrogens is 268 g/mol. The van der Waals surface area contributed by atoms with Crippen LogP contribution in [0.25, 0.3) is 0 Å². The molecule has 0 saturated heterocycles. The third-order valence-corrected chi connectivity index (χ3v) is 3.54. The minimum Gasteiger partial charge on any atom is -0.497 e. The summed E-state index contributed by atoms with van der Waals surface area (Å²) in [7, 11) is 3.28. The molecular formula is C16H18N2O3. The molecule has 1 atom stereocenters. The second-order valence-electron chi connectivity index (χ2n) is 4.83. The van der Waals surface area contributed by atoms with Crippen LogP contribution in [-0.2, 0) is 0 Å². The zero-order valence-corrected chi connectivity index (χ0v) is 12.1. The molecule has 3 rings (SSSR count). The van der Waals surface area contributed by atoms with Gasteiger partial charge in [0, 0.05) is 18.1 Å². The number of methoxy groups -OCH3 is 2. The Bertz CT molecular complexity index is 613. The molecule has 0 spiro atoms. The first-order valence-electron chi connectivity index (χ1n) is 6.87. The normalized spacial score (nSPS) is 16.6. The molecule has 0 amide bonds. The van der Waals surface area contributed by atoms with E-state index in [4.69, 9.17) is 14.2 Å². The minimum absolute atomic E-state index is 0.180. The van der Waals surface area contributed by atoms with Crippen LogP contribution in [0, 0.1) is 0 Å². The third kappa shape index (κ3) is 2.86. The Hall–Kier alpha value is -2.43. The predicted octanol–water partition coefficient (Wildman–Crippen LogP) is 3.03. The van der Waals surface area contributed by atoms with E-state index in [1.54, 1.807) is 20.4 Å². The van der Waals surface area contributed by atoms with Gasteiger partial charge in [-0.05, 0) is 24.3 Å². The van der Waals surface area contributed by atoms with Crippen molar-refractivity contribution in [1.82, 2.24) is 4.98 Å². The molecule has 0 aliphatic carbocycles. The number of nitrogens with zero attached hydrogens (tertiary/aromatic N) is 1. The van der Waals surface area contributed by atoms with E-state index in [2.05, 4.69) is 10.3 Å². The van der Waals surface area contributed by atoms with E-state index >= 15 is 0 Å². The van der Waals surface area contributed by atoms with Gasteiger partial charge in [-0.3, -0.25) is 0 Å². The fourth-order valence-electron chi connectivity index (χ4n) is 2.44. The zero-order valence-electron chi connectivity index (χ0n) is 12.1. The van der Waals surface area contributed by atoms with Crippen LogP contribution in [0.1, 0.15) is 18.0 Å². The second-order valence-corrected chi connectivity index (χ2v) is 4.83. The molecule has 5 nitrogen and oxygen atoms in total. The summed E-state index contributed by atoms with van der Waals surface area (Å²) < 4.78 is 16.1. The van der Waals surface area contributed by atoms with Crippen LogP contribution in [0.2, 0.25) is 0 Å². The second kappa shape index (κ2) is 5.91. The van der Waals surface area contributed by atoms with Gasteiger partial charge >= 0.3 is 0 Å². The lowest BCUT2D eigenvalue weighted by Gasteiger charge is -2.27. The molecule has 2 heterocycles. The first-order chi connectivity index (χ1) is 10.3. The van der Waals surface area contributed by atoms with Crippen molar-refractivity contribution in [1.29, 1.82) is 0 Å². The summed E-state index contributed by atoms with van der Waals surface area (Å²) in [6.45, 7) is 0.695. The predicted molar refractivity (Wildman–Crippen MR) is 80.3 cm³/mol. The van der Waals surface area contributed by atoms with Gasteiger partial charge in [0.25, 0.3) is 0 Å². The van der Waals surface area contributed by atoms with Gasteiger partial charge < -0.3 is 19.5 Å². The smallest absolute Gasteiger partial charge is 0.213 e. The van der Waals surface area contributed by atoms with Crippen molar-refractivity contribution in [3.63, 3.8) is 0 Å². The van der Waals surface area contributed by atoms with Crippen LogP contribution in [0.3, 0.4) is 0 Å². The SMILES string of the molecule is COc1ccc2c(c1)C(Nc1ccc(OC)nc1)CCO2. The van der Waals surface area contributed by atoms with Crippen molar-refractivity contribution in [2.24, 2.45) is 0 Å². The van der Waals surface area contributed by atoms with Crippen LogP contribution < -0.4 is 19.5 Å². The van der Waals surface area contributed by atoms with Crippen molar-refractivity contribution >= 4 is 5.69 Å². The molecule has 1 aliphatic heterocycles. The molecule has 0 fully saturated rings. The molecule has 0 bridgehead atoms. The standard InChI is InChI=1S/C16H18N2O3/c1-19-12-4-5-15-13(9-12)14(7-8-21-15)18-11-3-6-16(20-2)17-10-11/h3-6,9-10,14,18H,7-8H2,1-2H3. The Morgan fingerprint density at radius 1 is 1.19 bits per heavy atom. The highest BCUT2D eigenvalue weighted by Crippen LogP contribution is 2.36. The fourth-order valence-corrected chi connectivity index (χ4v) is 2.44. The quantitative estimate of drug-likeness (QED) is 0.936. The first kappa shape index (κ1) is 13.5. The molecule has 21 heavy (non-hydrogen) atoms. The zero-order chi connectivity index (χ0) is 14.7. The molecule has 1 aromatic carbocycles. The average molecular weight is 286 g/mol. The highest BCUT2D eigenvalue weighted by atomic mass is 16.5. The van der Waals surface area contributed by atoms with Gasteiger partial charge in [-0.2, -0.15) is 0 Å². The van der Waals surface area contributed by atoms with E-state index in [-0.39, 0.29) is 6.04 Å². The summed E-state index contributed by atoms with van der Waals surface area (Å²) in [6, 6.07) is 9.86. The van der Waals surface area contributed by atoms with Crippen LogP contribution in [0.4, 0.5) is 5.69 Å². The van der Waals surface area contributed by atoms with Crippen molar-refractivity contribution in [2.45, 2.75) is 12.5 Å². The van der Waals surface area contributed by atoms with Crippen LogP contribution in [0.15, 0.2) is 36.5 Å². The third-order valence-electron chi connectivity index (χ3n) is 3.54. The lowest BCUT2D eigenvalue weighted by molar-refractivity contribution is 0.273. The molecule has 1 aromatic heterocycles. The number of hydrogen-bond acceptors (Lipinski definition) is 5. The largest absolute Gasteiger partial charge is 0.497 e. The van der Waals surface area contributed by atoms with Gasteiger partial charge in [-0.1, -0.05) is 0 Å². The Kier molecular flexibility index (Phi) is 3.81. The maximum Gasteiger partial charge on any atom is 0.213 e. The number of hydrogen-bond donors (Lipinski definition) is 1. The van der Waals surface area contributed by atoms with Gasteiger partial charge in [0.1, 0.15) is 11.5 Å². The lowest BCUT2D eigenvalue weighted by Crippen LogP contribution is -2.20. The number of pyridine rings is 1. The fraction of sp³-hybridized carbons (Fsp3) is 0.312. The summed E-state index contributed by atoms with van der Waals surface area (Å²) in [5.41, 5.74) is 2.06. The van der Waals surface area contributed by atoms with Gasteiger partial charge in [0.05, 0.1) is 38.8 Å². The van der Waals surface area contributed by atoms with Crippen LogP contribution in [0.5, 0.6) is 17.4 Å². The van der Waals surface area contributed by atoms with Gasteiger partial charge in [0.15, 0.2) is 0 Å². The molecule has 1 N–H and O–H groups in total. The Labute approximate surface area is 123 Å². The minimum atomic E-state index is 0.180. The molecule has 0 radical (unpaired) electrons.